The third kappa shape index (κ3) is 3.30. The molecule has 2 N–H and O–H groups in total. The van der Waals surface area contributed by atoms with Crippen LogP contribution in [0.3, 0.4) is 0 Å². The van der Waals surface area contributed by atoms with Crippen molar-refractivity contribution in [2.24, 2.45) is 0 Å². The molecule has 0 spiro atoms. The van der Waals surface area contributed by atoms with Gasteiger partial charge in [0, 0.05) is 10.0 Å². The molecule has 0 aromatic heterocycles. The lowest BCUT2D eigenvalue weighted by Gasteiger charge is -2.15. The summed E-state index contributed by atoms with van der Waals surface area (Å²) in [6.07, 6.45) is -0.00756. The van der Waals surface area contributed by atoms with Crippen molar-refractivity contribution in [1.82, 2.24) is 5.32 Å². The van der Waals surface area contributed by atoms with E-state index in [-0.39, 0.29) is 12.0 Å². The van der Waals surface area contributed by atoms with E-state index in [4.69, 9.17) is 5.11 Å². The molecule has 0 bridgehead atoms. The van der Waals surface area contributed by atoms with Crippen LogP contribution in [-0.4, -0.2) is 17.5 Å². The molecule has 0 radical (unpaired) electrons. The number of hydrogen-bond acceptors (Lipinski definition) is 2. The second-order valence-electron chi connectivity index (χ2n) is 3.10. The van der Waals surface area contributed by atoms with Crippen molar-refractivity contribution in [3.05, 3.63) is 34.1 Å². The normalized spacial score (nSPS) is 11.9. The van der Waals surface area contributed by atoms with Gasteiger partial charge in [0.15, 0.2) is 0 Å². The second kappa shape index (κ2) is 5.60. The molecule has 1 amide bonds. The molecule has 1 aromatic rings. The van der Waals surface area contributed by atoms with Gasteiger partial charge in [-0.1, -0.05) is 22.0 Å². The number of nitrogens with one attached hydrogen (secondary N) is 1. The van der Waals surface area contributed by atoms with E-state index in [1.807, 2.05) is 0 Å². The van der Waals surface area contributed by atoms with Crippen molar-refractivity contribution >= 4 is 28.3 Å². The van der Waals surface area contributed by atoms with Crippen LogP contribution in [0, 0.1) is 5.82 Å². The number of rotatable bonds is 5. The summed E-state index contributed by atoms with van der Waals surface area (Å²) in [7, 11) is 0. The summed E-state index contributed by atoms with van der Waals surface area (Å²) in [6, 6.07) is 3.38. The monoisotopic (exact) mass is 289 g/mol. The molecule has 16 heavy (non-hydrogen) atoms. The maximum Gasteiger partial charge on any atom is 0.305 e. The van der Waals surface area contributed by atoms with E-state index in [9.17, 15) is 14.0 Å². The molecule has 6 heteroatoms. The number of carboxylic acid groups (broad SMARTS) is 1. The molecule has 86 valence electrons. The zero-order valence-corrected chi connectivity index (χ0v) is 9.70. The van der Waals surface area contributed by atoms with Crippen LogP contribution in [0.5, 0.6) is 0 Å². The van der Waals surface area contributed by atoms with Gasteiger partial charge in [-0.05, 0) is 12.1 Å². The van der Waals surface area contributed by atoms with Gasteiger partial charge in [0.25, 0.3) is 0 Å². The molecule has 0 aliphatic rings. The predicted octanol–water partition coefficient (Wildman–Crippen LogP) is 1.85. The number of carbonyl (C=O) groups excluding carboxylic acids is 1. The molecule has 0 fully saturated rings. The fourth-order valence-electron chi connectivity index (χ4n) is 1.30. The van der Waals surface area contributed by atoms with Crippen LogP contribution in [0.25, 0.3) is 0 Å². The molecule has 1 atom stereocenters. The Bertz CT molecular complexity index is 411. The highest BCUT2D eigenvalue weighted by Gasteiger charge is 2.18. The summed E-state index contributed by atoms with van der Waals surface area (Å²) in [5, 5.41) is 10.9. The summed E-state index contributed by atoms with van der Waals surface area (Å²) in [5.41, 5.74) is 0.151. The van der Waals surface area contributed by atoms with E-state index >= 15 is 0 Å². The van der Waals surface area contributed by atoms with Crippen LogP contribution in [0.15, 0.2) is 22.7 Å². The van der Waals surface area contributed by atoms with Crippen LogP contribution in [0.4, 0.5) is 4.39 Å². The Morgan fingerprint density at radius 3 is 2.81 bits per heavy atom. The first kappa shape index (κ1) is 12.6. The minimum absolute atomic E-state index is 0.151. The average Bonchev–Trinajstić information content (AvgIpc) is 2.16. The molecule has 0 aliphatic heterocycles. The number of carboxylic acids is 1. The fraction of sp³-hybridized carbons (Fsp3) is 0.200. The molecule has 4 nitrogen and oxygen atoms in total. The minimum Gasteiger partial charge on any atom is -0.481 e. The highest BCUT2D eigenvalue weighted by Crippen LogP contribution is 2.23. The second-order valence-corrected chi connectivity index (χ2v) is 4.02. The number of carbonyl (C=O) groups is 2. The summed E-state index contributed by atoms with van der Waals surface area (Å²) in [4.78, 5) is 20.9. The van der Waals surface area contributed by atoms with Crippen LogP contribution >= 0.6 is 15.9 Å². The number of hydrogen-bond donors (Lipinski definition) is 2. The van der Waals surface area contributed by atoms with E-state index < -0.39 is 17.8 Å². The highest BCUT2D eigenvalue weighted by molar-refractivity contribution is 9.10. The standard InChI is InChI=1S/C10H9BrFNO3/c11-6-1-2-7(8(12)3-6)9(13-5-14)4-10(15)16/h1-3,5,9H,4H2,(H,13,14)(H,15,16)/t9-/m0/s1. The van der Waals surface area contributed by atoms with Crippen molar-refractivity contribution in [1.29, 1.82) is 0 Å². The topological polar surface area (TPSA) is 66.4 Å². The summed E-state index contributed by atoms with van der Waals surface area (Å²) in [6.45, 7) is 0. The van der Waals surface area contributed by atoms with E-state index in [1.165, 1.54) is 12.1 Å². The first-order valence-corrected chi connectivity index (χ1v) is 5.20. The molecule has 0 saturated carbocycles. The summed E-state index contributed by atoms with van der Waals surface area (Å²) in [5.74, 6) is -1.67. The van der Waals surface area contributed by atoms with E-state index in [2.05, 4.69) is 21.2 Å². The quantitative estimate of drug-likeness (QED) is 0.813. The average molecular weight is 290 g/mol. The lowest BCUT2D eigenvalue weighted by atomic mass is 10.0. The highest BCUT2D eigenvalue weighted by atomic mass is 79.9. The Morgan fingerprint density at radius 1 is 1.62 bits per heavy atom. The molecular formula is C10H9BrFNO3. The summed E-state index contributed by atoms with van der Waals surface area (Å²) < 4.78 is 14.0. The van der Waals surface area contributed by atoms with Gasteiger partial charge >= 0.3 is 5.97 Å². The van der Waals surface area contributed by atoms with Crippen LogP contribution in [-0.2, 0) is 9.59 Å². The zero-order chi connectivity index (χ0) is 12.1. The van der Waals surface area contributed by atoms with Gasteiger partial charge in [-0.25, -0.2) is 4.39 Å². The lowest BCUT2D eigenvalue weighted by molar-refractivity contribution is -0.137. The maximum absolute atomic E-state index is 13.5. The molecule has 0 saturated heterocycles. The SMILES string of the molecule is O=CN[C@@H](CC(=O)O)c1ccc(Br)cc1F. The van der Waals surface area contributed by atoms with Gasteiger partial charge in [-0.2, -0.15) is 0 Å². The third-order valence-electron chi connectivity index (χ3n) is 1.99. The smallest absolute Gasteiger partial charge is 0.305 e. The van der Waals surface area contributed by atoms with Crippen molar-refractivity contribution in [3.63, 3.8) is 0 Å². The van der Waals surface area contributed by atoms with E-state index in [0.717, 1.165) is 0 Å². The minimum atomic E-state index is -1.11. The molecule has 0 heterocycles. The van der Waals surface area contributed by atoms with Gasteiger partial charge in [-0.3, -0.25) is 9.59 Å². The Kier molecular flexibility index (Phi) is 4.42. The number of amides is 1. The lowest BCUT2D eigenvalue weighted by Crippen LogP contribution is -2.23. The van der Waals surface area contributed by atoms with Crippen molar-refractivity contribution in [3.8, 4) is 0 Å². The van der Waals surface area contributed by atoms with Gasteiger partial charge in [0.05, 0.1) is 12.5 Å². The third-order valence-corrected chi connectivity index (χ3v) is 2.48. The van der Waals surface area contributed by atoms with Crippen molar-refractivity contribution in [2.45, 2.75) is 12.5 Å². The van der Waals surface area contributed by atoms with Crippen molar-refractivity contribution in [2.75, 3.05) is 0 Å². The molecule has 0 unspecified atom stereocenters. The Balaban J connectivity index is 3.00. The first-order valence-electron chi connectivity index (χ1n) is 4.41. The van der Waals surface area contributed by atoms with E-state index in [1.54, 1.807) is 6.07 Å². The van der Waals surface area contributed by atoms with Crippen LogP contribution in [0.1, 0.15) is 18.0 Å². The van der Waals surface area contributed by atoms with Gasteiger partial charge in [0.1, 0.15) is 5.82 Å². The maximum atomic E-state index is 13.5. The largest absolute Gasteiger partial charge is 0.481 e. The number of halogens is 2. The molecule has 1 aromatic carbocycles. The molecule has 1 rings (SSSR count). The molecular weight excluding hydrogens is 281 g/mol. The molecule has 0 aliphatic carbocycles. The van der Waals surface area contributed by atoms with Crippen LogP contribution in [0.2, 0.25) is 0 Å². The van der Waals surface area contributed by atoms with E-state index in [0.29, 0.717) is 10.9 Å². The number of aliphatic carboxylic acids is 1. The first-order chi connectivity index (χ1) is 7.54. The zero-order valence-electron chi connectivity index (χ0n) is 8.11. The summed E-state index contributed by atoms with van der Waals surface area (Å²) >= 11 is 3.09. The van der Waals surface area contributed by atoms with Gasteiger partial charge < -0.3 is 10.4 Å². The van der Waals surface area contributed by atoms with Gasteiger partial charge in [0.2, 0.25) is 6.41 Å². The Hall–Kier alpha value is -1.43. The number of benzene rings is 1. The predicted molar refractivity (Wildman–Crippen MR) is 58.3 cm³/mol. The Morgan fingerprint density at radius 2 is 2.31 bits per heavy atom. The van der Waals surface area contributed by atoms with Crippen molar-refractivity contribution < 1.29 is 19.1 Å². The van der Waals surface area contributed by atoms with Gasteiger partial charge in [-0.15, -0.1) is 0 Å². The fourth-order valence-corrected chi connectivity index (χ4v) is 1.63. The Labute approximate surface area is 99.6 Å². The van der Waals surface area contributed by atoms with Crippen LogP contribution < -0.4 is 5.32 Å².